The number of rotatable bonds is 29. The van der Waals surface area contributed by atoms with Crippen molar-refractivity contribution < 1.29 is 0 Å². The molecule has 2 heteroatoms. The van der Waals surface area contributed by atoms with Crippen LogP contribution in [0.1, 0.15) is 180 Å². The molecule has 0 saturated heterocycles. The molecule has 1 aliphatic heterocycles. The fraction of sp³-hybridized carbons (Fsp3) is 0.795. The standard InChI is InChI=1S/C39H70N2/c1-3-5-7-9-11-13-14-15-16-17-18-19-21-23-25-30-34-41-36-35-40(39(41)37-38-31-27-26-28-32-38)33-29-24-22-20-12-10-8-6-4-2/h26-28,31-32,35-36,39H,3-25,29-30,33-34,37H2,1-2H3. The normalized spacial score (nSPS) is 14.9. The third-order valence-electron chi connectivity index (χ3n) is 9.27. The van der Waals surface area contributed by atoms with Gasteiger partial charge in [-0.15, -0.1) is 0 Å². The molecule has 2 rings (SSSR count). The van der Waals surface area contributed by atoms with Gasteiger partial charge in [-0.1, -0.05) is 192 Å². The number of benzene rings is 1. The van der Waals surface area contributed by atoms with Crippen molar-refractivity contribution in [1.29, 1.82) is 0 Å². The fourth-order valence-corrected chi connectivity index (χ4v) is 6.51. The summed E-state index contributed by atoms with van der Waals surface area (Å²) in [6.07, 6.45) is 42.1. The maximum Gasteiger partial charge on any atom is 0.105 e. The lowest BCUT2D eigenvalue weighted by Crippen LogP contribution is -2.41. The van der Waals surface area contributed by atoms with Gasteiger partial charge in [0.2, 0.25) is 0 Å². The molecule has 1 aromatic rings. The first-order valence-corrected chi connectivity index (χ1v) is 18.6. The lowest BCUT2D eigenvalue weighted by atomic mass is 10.0. The number of nitrogens with zero attached hydrogens (tertiary/aromatic N) is 2. The lowest BCUT2D eigenvalue weighted by Gasteiger charge is -2.33. The highest BCUT2D eigenvalue weighted by molar-refractivity contribution is 5.17. The van der Waals surface area contributed by atoms with Crippen molar-refractivity contribution in [1.82, 2.24) is 9.80 Å². The van der Waals surface area contributed by atoms with Crippen molar-refractivity contribution >= 4 is 0 Å². The Balaban J connectivity index is 1.52. The average Bonchev–Trinajstić information content (AvgIpc) is 3.37. The summed E-state index contributed by atoms with van der Waals surface area (Å²) >= 11 is 0. The molecule has 1 aromatic carbocycles. The van der Waals surface area contributed by atoms with Crippen LogP contribution in [0.25, 0.3) is 0 Å². The summed E-state index contributed by atoms with van der Waals surface area (Å²) in [7, 11) is 0. The molecular weight excluding hydrogens is 496 g/mol. The first kappa shape index (κ1) is 35.8. The van der Waals surface area contributed by atoms with Gasteiger partial charge in [0.1, 0.15) is 6.17 Å². The Morgan fingerprint density at radius 2 is 0.732 bits per heavy atom. The van der Waals surface area contributed by atoms with Crippen LogP contribution < -0.4 is 0 Å². The second kappa shape index (κ2) is 26.2. The van der Waals surface area contributed by atoms with E-state index in [2.05, 4.69) is 66.4 Å². The van der Waals surface area contributed by atoms with Crippen LogP contribution in [0.15, 0.2) is 42.7 Å². The van der Waals surface area contributed by atoms with E-state index in [1.54, 1.807) is 0 Å². The minimum atomic E-state index is 0.503. The summed E-state index contributed by atoms with van der Waals surface area (Å²) in [5, 5.41) is 0. The van der Waals surface area contributed by atoms with Gasteiger partial charge < -0.3 is 9.80 Å². The molecule has 1 unspecified atom stereocenters. The van der Waals surface area contributed by atoms with Crippen LogP contribution in [0, 0.1) is 0 Å². The van der Waals surface area contributed by atoms with Crippen molar-refractivity contribution in [2.24, 2.45) is 0 Å². The van der Waals surface area contributed by atoms with Crippen LogP contribution in [-0.4, -0.2) is 29.1 Å². The van der Waals surface area contributed by atoms with Crippen LogP contribution in [-0.2, 0) is 6.42 Å². The number of hydrogen-bond donors (Lipinski definition) is 0. The summed E-state index contributed by atoms with van der Waals surface area (Å²) in [5.74, 6) is 0. The first-order chi connectivity index (χ1) is 20.3. The lowest BCUT2D eigenvalue weighted by molar-refractivity contribution is 0.148. The van der Waals surface area contributed by atoms with Gasteiger partial charge in [0.15, 0.2) is 0 Å². The van der Waals surface area contributed by atoms with Crippen molar-refractivity contribution in [3.8, 4) is 0 Å². The zero-order chi connectivity index (χ0) is 29.1. The second-order valence-corrected chi connectivity index (χ2v) is 13.1. The molecule has 0 N–H and O–H groups in total. The zero-order valence-corrected chi connectivity index (χ0v) is 27.8. The largest absolute Gasteiger partial charge is 0.356 e. The third kappa shape index (κ3) is 18.7. The fourth-order valence-electron chi connectivity index (χ4n) is 6.51. The predicted octanol–water partition coefficient (Wildman–Crippen LogP) is 12.4. The minimum absolute atomic E-state index is 0.503. The molecule has 0 aromatic heterocycles. The highest BCUT2D eigenvalue weighted by atomic mass is 15.4. The Hall–Kier alpha value is -1.44. The van der Waals surface area contributed by atoms with E-state index >= 15 is 0 Å². The zero-order valence-electron chi connectivity index (χ0n) is 27.8. The monoisotopic (exact) mass is 567 g/mol. The van der Waals surface area contributed by atoms with Crippen molar-refractivity contribution in [2.45, 2.75) is 187 Å². The molecule has 0 radical (unpaired) electrons. The van der Waals surface area contributed by atoms with Crippen LogP contribution in [0.2, 0.25) is 0 Å². The van der Waals surface area contributed by atoms with Gasteiger partial charge in [-0.25, -0.2) is 0 Å². The van der Waals surface area contributed by atoms with E-state index in [-0.39, 0.29) is 0 Å². The highest BCUT2D eigenvalue weighted by Gasteiger charge is 2.25. The molecule has 0 amide bonds. The topological polar surface area (TPSA) is 6.48 Å². The van der Waals surface area contributed by atoms with Crippen molar-refractivity contribution in [3.05, 3.63) is 48.3 Å². The molecule has 1 atom stereocenters. The SMILES string of the molecule is CCCCCCCCCCCCCCCCCCN1C=CN(CCCCCCCCCCC)C1Cc1ccccc1. The van der Waals surface area contributed by atoms with Gasteiger partial charge >= 0.3 is 0 Å². The van der Waals surface area contributed by atoms with E-state index < -0.39 is 0 Å². The van der Waals surface area contributed by atoms with Crippen LogP contribution in [0.3, 0.4) is 0 Å². The predicted molar refractivity (Wildman–Crippen MR) is 183 cm³/mol. The maximum atomic E-state index is 2.64. The van der Waals surface area contributed by atoms with Crippen LogP contribution >= 0.6 is 0 Å². The minimum Gasteiger partial charge on any atom is -0.356 e. The van der Waals surface area contributed by atoms with Crippen LogP contribution in [0.5, 0.6) is 0 Å². The van der Waals surface area contributed by atoms with Crippen molar-refractivity contribution in [2.75, 3.05) is 13.1 Å². The van der Waals surface area contributed by atoms with E-state index in [0.717, 1.165) is 6.42 Å². The van der Waals surface area contributed by atoms with Gasteiger partial charge in [0, 0.05) is 31.9 Å². The first-order valence-electron chi connectivity index (χ1n) is 18.6. The van der Waals surface area contributed by atoms with E-state index in [1.165, 1.54) is 179 Å². The maximum absolute atomic E-state index is 2.64. The summed E-state index contributed by atoms with van der Waals surface area (Å²) in [6.45, 7) is 7.03. The smallest absolute Gasteiger partial charge is 0.105 e. The summed E-state index contributed by atoms with van der Waals surface area (Å²) in [6, 6.07) is 11.2. The van der Waals surface area contributed by atoms with Gasteiger partial charge in [0.05, 0.1) is 0 Å². The van der Waals surface area contributed by atoms with Crippen molar-refractivity contribution in [3.63, 3.8) is 0 Å². The van der Waals surface area contributed by atoms with E-state index in [0.29, 0.717) is 6.17 Å². The highest BCUT2D eigenvalue weighted by Crippen LogP contribution is 2.23. The molecule has 1 heterocycles. The summed E-state index contributed by atoms with van der Waals surface area (Å²) in [5.41, 5.74) is 1.47. The van der Waals surface area contributed by atoms with Gasteiger partial charge in [-0.2, -0.15) is 0 Å². The molecule has 0 bridgehead atoms. The number of unbranched alkanes of at least 4 members (excludes halogenated alkanes) is 23. The third-order valence-corrected chi connectivity index (χ3v) is 9.27. The van der Waals surface area contributed by atoms with E-state index in [4.69, 9.17) is 0 Å². The van der Waals surface area contributed by atoms with Gasteiger partial charge in [-0.05, 0) is 18.4 Å². The Kier molecular flexibility index (Phi) is 22.9. The van der Waals surface area contributed by atoms with Gasteiger partial charge in [0.25, 0.3) is 0 Å². The summed E-state index contributed by atoms with van der Waals surface area (Å²) in [4.78, 5) is 5.28. The molecular formula is C39H70N2. The molecule has 0 fully saturated rings. The van der Waals surface area contributed by atoms with E-state index in [1.807, 2.05) is 0 Å². The molecule has 0 saturated carbocycles. The molecule has 236 valence electrons. The Morgan fingerprint density at radius 1 is 0.415 bits per heavy atom. The molecule has 0 spiro atoms. The second-order valence-electron chi connectivity index (χ2n) is 13.1. The Morgan fingerprint density at radius 3 is 1.07 bits per heavy atom. The molecule has 41 heavy (non-hydrogen) atoms. The molecule has 0 aliphatic carbocycles. The van der Waals surface area contributed by atoms with E-state index in [9.17, 15) is 0 Å². The Bertz CT molecular complexity index is 699. The average molecular weight is 567 g/mol. The molecule has 2 nitrogen and oxygen atoms in total. The van der Waals surface area contributed by atoms with Crippen LogP contribution in [0.4, 0.5) is 0 Å². The Labute approximate surface area is 257 Å². The van der Waals surface area contributed by atoms with Gasteiger partial charge in [-0.3, -0.25) is 0 Å². The summed E-state index contributed by atoms with van der Waals surface area (Å²) < 4.78 is 0. The molecule has 1 aliphatic rings. The quantitative estimate of drug-likeness (QED) is 0.0890. The number of hydrogen-bond acceptors (Lipinski definition) is 2.